The molecule has 0 unspecified atom stereocenters. The van der Waals surface area contributed by atoms with Crippen LogP contribution in [0.25, 0.3) is 0 Å². The maximum atomic E-state index is 12.1. The zero-order valence-corrected chi connectivity index (χ0v) is 13.6. The second kappa shape index (κ2) is 7.31. The molecular weight excluding hydrogens is 302 g/mol. The minimum absolute atomic E-state index is 0.0903. The van der Waals surface area contributed by atoms with E-state index in [-0.39, 0.29) is 18.2 Å². The van der Waals surface area contributed by atoms with Crippen LogP contribution in [0.1, 0.15) is 13.3 Å². The van der Waals surface area contributed by atoms with Gasteiger partial charge < -0.3 is 10.1 Å². The predicted molar refractivity (Wildman–Crippen MR) is 88.4 cm³/mol. The fourth-order valence-electron chi connectivity index (χ4n) is 2.08. The van der Waals surface area contributed by atoms with Gasteiger partial charge in [0, 0.05) is 26.2 Å². The Morgan fingerprint density at radius 1 is 1.41 bits per heavy atom. The number of nitrogens with zero attached hydrogens (tertiary/aromatic N) is 2. The largest absolute Gasteiger partial charge is 0.494 e. The number of carbonyl (C=O) groups is 2. The Morgan fingerprint density at radius 2 is 2.09 bits per heavy atom. The van der Waals surface area contributed by atoms with Crippen molar-refractivity contribution < 1.29 is 14.3 Å². The van der Waals surface area contributed by atoms with Crippen LogP contribution in [0.2, 0.25) is 0 Å². The van der Waals surface area contributed by atoms with Crippen molar-refractivity contribution >= 4 is 34.4 Å². The molecule has 0 saturated carbocycles. The highest BCUT2D eigenvalue weighted by atomic mass is 32.2. The maximum absolute atomic E-state index is 12.1. The highest BCUT2D eigenvalue weighted by Crippen LogP contribution is 2.28. The smallest absolute Gasteiger partial charge is 0.242 e. The Hall–Kier alpha value is -2.02. The topological polar surface area (TPSA) is 71.0 Å². The molecule has 0 bridgehead atoms. The number of benzene rings is 1. The predicted octanol–water partition coefficient (Wildman–Crippen LogP) is 1.97. The van der Waals surface area contributed by atoms with Crippen molar-refractivity contribution in [1.82, 2.24) is 4.90 Å². The minimum atomic E-state index is -0.411. The van der Waals surface area contributed by atoms with Crippen LogP contribution in [0.15, 0.2) is 29.3 Å². The third kappa shape index (κ3) is 3.79. The lowest BCUT2D eigenvalue weighted by molar-refractivity contribution is -0.127. The molecule has 1 fully saturated rings. The van der Waals surface area contributed by atoms with Gasteiger partial charge in [-0.25, -0.2) is 0 Å². The van der Waals surface area contributed by atoms with Crippen molar-refractivity contribution in [3.8, 4) is 5.75 Å². The quantitative estimate of drug-likeness (QED) is 0.900. The first-order chi connectivity index (χ1) is 10.5. The van der Waals surface area contributed by atoms with Gasteiger partial charge in [0.05, 0.1) is 6.61 Å². The van der Waals surface area contributed by atoms with Gasteiger partial charge in [-0.1, -0.05) is 11.8 Å². The summed E-state index contributed by atoms with van der Waals surface area (Å²) >= 11 is 1.32. The fraction of sp³-hybridized carbons (Fsp3) is 0.400. The monoisotopic (exact) mass is 321 g/mol. The highest BCUT2D eigenvalue weighted by molar-refractivity contribution is 8.15. The van der Waals surface area contributed by atoms with Gasteiger partial charge in [0.2, 0.25) is 11.8 Å². The first-order valence-electron chi connectivity index (χ1n) is 6.99. The summed E-state index contributed by atoms with van der Waals surface area (Å²) in [5.41, 5.74) is 0.682. The molecule has 0 aliphatic carbocycles. The van der Waals surface area contributed by atoms with Gasteiger partial charge in [0.25, 0.3) is 0 Å². The molecule has 0 aromatic heterocycles. The number of anilines is 1. The molecule has 0 radical (unpaired) electrons. The van der Waals surface area contributed by atoms with Crippen molar-refractivity contribution in [1.29, 1.82) is 0 Å². The zero-order valence-electron chi connectivity index (χ0n) is 12.8. The van der Waals surface area contributed by atoms with Crippen molar-refractivity contribution in [2.45, 2.75) is 18.6 Å². The average molecular weight is 321 g/mol. The van der Waals surface area contributed by atoms with Gasteiger partial charge in [-0.3, -0.25) is 19.5 Å². The van der Waals surface area contributed by atoms with Crippen LogP contribution in [-0.2, 0) is 9.59 Å². The summed E-state index contributed by atoms with van der Waals surface area (Å²) in [4.78, 5) is 29.6. The molecule has 1 aliphatic heterocycles. The average Bonchev–Trinajstić information content (AvgIpc) is 2.77. The van der Waals surface area contributed by atoms with E-state index in [0.717, 1.165) is 5.75 Å². The number of thioether (sulfide) groups is 1. The molecule has 1 saturated heterocycles. The van der Waals surface area contributed by atoms with E-state index in [1.54, 1.807) is 38.4 Å². The molecular formula is C15H19N3O3S. The molecule has 6 nitrogen and oxygen atoms in total. The summed E-state index contributed by atoms with van der Waals surface area (Å²) in [5.74, 6) is 0.473. The molecule has 0 spiro atoms. The summed E-state index contributed by atoms with van der Waals surface area (Å²) in [6.45, 7) is 2.51. The molecule has 1 atom stereocenters. The second-order valence-electron chi connectivity index (χ2n) is 4.72. The maximum Gasteiger partial charge on any atom is 0.242 e. The Morgan fingerprint density at radius 3 is 2.64 bits per heavy atom. The molecule has 1 aromatic carbocycles. The Bertz CT molecular complexity index is 586. The lowest BCUT2D eigenvalue weighted by Gasteiger charge is -2.09. The molecule has 22 heavy (non-hydrogen) atoms. The van der Waals surface area contributed by atoms with Gasteiger partial charge in [0.15, 0.2) is 5.17 Å². The Kier molecular flexibility index (Phi) is 5.43. The number of nitrogens with one attached hydrogen (secondary N) is 1. The van der Waals surface area contributed by atoms with Crippen LogP contribution >= 0.6 is 11.8 Å². The van der Waals surface area contributed by atoms with Crippen LogP contribution < -0.4 is 10.1 Å². The molecule has 7 heteroatoms. The van der Waals surface area contributed by atoms with Crippen molar-refractivity contribution in [3.05, 3.63) is 24.3 Å². The van der Waals surface area contributed by atoms with E-state index in [4.69, 9.17) is 4.74 Å². The number of amides is 2. The van der Waals surface area contributed by atoms with Gasteiger partial charge in [0.1, 0.15) is 11.0 Å². The van der Waals surface area contributed by atoms with E-state index in [9.17, 15) is 9.59 Å². The van der Waals surface area contributed by atoms with Crippen LogP contribution in [0, 0.1) is 0 Å². The van der Waals surface area contributed by atoms with E-state index in [2.05, 4.69) is 10.3 Å². The Balaban J connectivity index is 1.92. The van der Waals surface area contributed by atoms with E-state index in [1.807, 2.05) is 6.92 Å². The van der Waals surface area contributed by atoms with E-state index >= 15 is 0 Å². The standard InChI is InChI=1S/C15H19N3O3S/c1-4-21-11-7-5-10(6-8-11)17-13(19)9-12-14(20)18(3)15(16-2)22-12/h5-8,12H,4,9H2,1-3H3,(H,17,19)/t12-/m0/s1. The number of rotatable bonds is 5. The normalized spacial score (nSPS) is 19.6. The SMILES string of the molecule is CCOc1ccc(NC(=O)C[C@@H]2SC(=NC)N(C)C2=O)cc1. The van der Waals surface area contributed by atoms with Crippen molar-refractivity contribution in [2.75, 3.05) is 26.0 Å². The van der Waals surface area contributed by atoms with Gasteiger partial charge in [-0.15, -0.1) is 0 Å². The molecule has 2 rings (SSSR count). The summed E-state index contributed by atoms with van der Waals surface area (Å²) in [5, 5.41) is 3.02. The van der Waals surface area contributed by atoms with Crippen molar-refractivity contribution in [3.63, 3.8) is 0 Å². The van der Waals surface area contributed by atoms with E-state index in [0.29, 0.717) is 17.5 Å². The third-order valence-electron chi connectivity index (χ3n) is 3.15. The summed E-state index contributed by atoms with van der Waals surface area (Å²) in [6.07, 6.45) is 0.125. The zero-order chi connectivity index (χ0) is 16.1. The highest BCUT2D eigenvalue weighted by Gasteiger charge is 2.36. The molecule has 1 N–H and O–H groups in total. The second-order valence-corrected chi connectivity index (χ2v) is 5.89. The summed E-state index contributed by atoms with van der Waals surface area (Å²) in [7, 11) is 3.30. The van der Waals surface area contributed by atoms with Crippen molar-refractivity contribution in [2.24, 2.45) is 4.99 Å². The summed E-state index contributed by atoms with van der Waals surface area (Å²) in [6, 6.07) is 7.14. The van der Waals surface area contributed by atoms with Crippen LogP contribution in [0.5, 0.6) is 5.75 Å². The van der Waals surface area contributed by atoms with E-state index in [1.165, 1.54) is 16.7 Å². The fourth-order valence-corrected chi connectivity index (χ4v) is 3.18. The first-order valence-corrected chi connectivity index (χ1v) is 7.86. The van der Waals surface area contributed by atoms with Gasteiger partial charge in [-0.2, -0.15) is 0 Å². The van der Waals surface area contributed by atoms with Crippen LogP contribution in [-0.4, -0.2) is 47.8 Å². The molecule has 1 heterocycles. The number of aliphatic imine (C=N–C) groups is 1. The number of amidine groups is 1. The lowest BCUT2D eigenvalue weighted by Crippen LogP contribution is -2.30. The number of hydrogen-bond donors (Lipinski definition) is 1. The molecule has 1 aromatic rings. The molecule has 1 aliphatic rings. The Labute approximate surface area is 133 Å². The van der Waals surface area contributed by atoms with Crippen LogP contribution in [0.3, 0.4) is 0 Å². The first kappa shape index (κ1) is 16.4. The number of hydrogen-bond acceptors (Lipinski definition) is 5. The molecule has 118 valence electrons. The summed E-state index contributed by atoms with van der Waals surface area (Å²) < 4.78 is 5.34. The molecule has 2 amide bonds. The van der Waals surface area contributed by atoms with Gasteiger partial charge in [-0.05, 0) is 31.2 Å². The third-order valence-corrected chi connectivity index (χ3v) is 4.47. The lowest BCUT2D eigenvalue weighted by atomic mass is 10.2. The van der Waals surface area contributed by atoms with Gasteiger partial charge >= 0.3 is 0 Å². The van der Waals surface area contributed by atoms with E-state index < -0.39 is 5.25 Å². The van der Waals surface area contributed by atoms with Crippen LogP contribution in [0.4, 0.5) is 5.69 Å². The number of ether oxygens (including phenoxy) is 1. The number of carbonyl (C=O) groups excluding carboxylic acids is 2. The minimum Gasteiger partial charge on any atom is -0.494 e.